The predicted molar refractivity (Wildman–Crippen MR) is 53.6 cm³/mol. The topological polar surface area (TPSA) is 29.5 Å². The van der Waals surface area contributed by atoms with Gasteiger partial charge in [-0.25, -0.2) is 0 Å². The number of likely N-dealkylation sites (tertiary alicyclic amines) is 1. The van der Waals surface area contributed by atoms with Crippen molar-refractivity contribution in [2.24, 2.45) is 0 Å². The zero-order valence-corrected chi connectivity index (χ0v) is 8.53. The van der Waals surface area contributed by atoms with E-state index < -0.39 is 6.61 Å². The lowest BCUT2D eigenvalue weighted by atomic mass is 10.1. The average molecular weight is 227 g/mol. The molecule has 0 atom stereocenters. The van der Waals surface area contributed by atoms with E-state index in [9.17, 15) is 13.6 Å². The lowest BCUT2D eigenvalue weighted by Crippen LogP contribution is -2.41. The Kier molecular flexibility index (Phi) is 3.03. The number of rotatable bonds is 3. The van der Waals surface area contributed by atoms with E-state index in [0.29, 0.717) is 5.56 Å². The summed E-state index contributed by atoms with van der Waals surface area (Å²) < 4.78 is 28.2. The Balaban J connectivity index is 2.11. The van der Waals surface area contributed by atoms with Gasteiger partial charge in [-0.2, -0.15) is 8.78 Å². The van der Waals surface area contributed by atoms with E-state index in [-0.39, 0.29) is 11.7 Å². The van der Waals surface area contributed by atoms with Gasteiger partial charge in [0.25, 0.3) is 5.91 Å². The number of benzene rings is 1. The van der Waals surface area contributed by atoms with Crippen molar-refractivity contribution in [2.45, 2.75) is 13.0 Å². The van der Waals surface area contributed by atoms with Crippen molar-refractivity contribution in [3.63, 3.8) is 0 Å². The van der Waals surface area contributed by atoms with Gasteiger partial charge in [0, 0.05) is 18.7 Å². The molecular formula is C11H11F2NO2. The van der Waals surface area contributed by atoms with Crippen molar-refractivity contribution in [1.82, 2.24) is 4.90 Å². The maximum Gasteiger partial charge on any atom is 0.387 e. The largest absolute Gasteiger partial charge is 0.435 e. The van der Waals surface area contributed by atoms with E-state index in [1.807, 2.05) is 0 Å². The number of hydrogen-bond donors (Lipinski definition) is 0. The molecule has 1 aliphatic heterocycles. The van der Waals surface area contributed by atoms with Crippen molar-refractivity contribution < 1.29 is 18.3 Å². The minimum Gasteiger partial charge on any atom is -0.435 e. The molecule has 0 unspecified atom stereocenters. The molecule has 1 fully saturated rings. The molecule has 0 aliphatic carbocycles. The second-order valence-electron chi connectivity index (χ2n) is 3.55. The summed E-state index contributed by atoms with van der Waals surface area (Å²) in [6, 6.07) is 5.87. The molecule has 5 heteroatoms. The Hall–Kier alpha value is -1.65. The first-order valence-corrected chi connectivity index (χ1v) is 5.01. The van der Waals surface area contributed by atoms with E-state index in [0.717, 1.165) is 19.5 Å². The van der Waals surface area contributed by atoms with Gasteiger partial charge >= 0.3 is 6.61 Å². The summed E-state index contributed by atoms with van der Waals surface area (Å²) in [5.41, 5.74) is 0.387. The van der Waals surface area contributed by atoms with E-state index in [2.05, 4.69) is 4.74 Å². The third-order valence-electron chi connectivity index (χ3n) is 2.45. The fraction of sp³-hybridized carbons (Fsp3) is 0.364. The second-order valence-corrected chi connectivity index (χ2v) is 3.55. The quantitative estimate of drug-likeness (QED) is 0.791. The minimum absolute atomic E-state index is 0.0152. The number of halogens is 2. The van der Waals surface area contributed by atoms with Gasteiger partial charge in [-0.05, 0) is 24.6 Å². The van der Waals surface area contributed by atoms with Gasteiger partial charge in [0.2, 0.25) is 0 Å². The predicted octanol–water partition coefficient (Wildman–Crippen LogP) is 2.13. The summed E-state index contributed by atoms with van der Waals surface area (Å²) in [5, 5.41) is 0. The number of alkyl halides is 2. The number of ether oxygens (including phenoxy) is 1. The van der Waals surface area contributed by atoms with Crippen LogP contribution < -0.4 is 4.74 Å². The first kappa shape index (κ1) is 10.9. The highest BCUT2D eigenvalue weighted by atomic mass is 19.3. The normalized spacial score (nSPS) is 14.8. The van der Waals surface area contributed by atoms with Gasteiger partial charge in [-0.1, -0.05) is 6.07 Å². The highest BCUT2D eigenvalue weighted by molar-refractivity contribution is 5.95. The van der Waals surface area contributed by atoms with Crippen LogP contribution in [0.4, 0.5) is 8.78 Å². The molecule has 1 aromatic rings. The van der Waals surface area contributed by atoms with Crippen LogP contribution in [0.5, 0.6) is 5.75 Å². The van der Waals surface area contributed by atoms with Crippen molar-refractivity contribution in [2.75, 3.05) is 13.1 Å². The third-order valence-corrected chi connectivity index (χ3v) is 2.45. The molecule has 0 saturated carbocycles. The van der Waals surface area contributed by atoms with Crippen LogP contribution in [0.15, 0.2) is 24.3 Å². The summed E-state index contributed by atoms with van der Waals surface area (Å²) in [5.74, 6) is -0.118. The van der Waals surface area contributed by atoms with Crippen LogP contribution in [-0.2, 0) is 0 Å². The monoisotopic (exact) mass is 227 g/mol. The van der Waals surface area contributed by atoms with Crippen LogP contribution in [0.2, 0.25) is 0 Å². The van der Waals surface area contributed by atoms with Gasteiger partial charge in [0.05, 0.1) is 0 Å². The molecule has 16 heavy (non-hydrogen) atoms. The van der Waals surface area contributed by atoms with E-state index in [1.165, 1.54) is 18.2 Å². The van der Waals surface area contributed by atoms with Gasteiger partial charge < -0.3 is 9.64 Å². The zero-order valence-electron chi connectivity index (χ0n) is 8.53. The fourth-order valence-electron chi connectivity index (χ4n) is 1.51. The molecule has 1 aromatic carbocycles. The van der Waals surface area contributed by atoms with E-state index >= 15 is 0 Å². The molecule has 0 N–H and O–H groups in total. The van der Waals surface area contributed by atoms with Gasteiger partial charge in [-0.15, -0.1) is 0 Å². The third kappa shape index (κ3) is 2.29. The number of amides is 1. The Bertz CT molecular complexity index is 391. The van der Waals surface area contributed by atoms with Gasteiger partial charge in [0.1, 0.15) is 5.75 Å². The lowest BCUT2D eigenvalue weighted by molar-refractivity contribution is -0.0499. The molecule has 3 nitrogen and oxygen atoms in total. The Morgan fingerprint density at radius 3 is 2.69 bits per heavy atom. The first-order chi connectivity index (χ1) is 7.66. The van der Waals surface area contributed by atoms with Crippen LogP contribution in [-0.4, -0.2) is 30.5 Å². The Morgan fingerprint density at radius 2 is 2.12 bits per heavy atom. The number of nitrogens with zero attached hydrogens (tertiary/aromatic N) is 1. The molecule has 86 valence electrons. The molecule has 0 radical (unpaired) electrons. The van der Waals surface area contributed by atoms with Crippen molar-refractivity contribution in [1.29, 1.82) is 0 Å². The first-order valence-electron chi connectivity index (χ1n) is 5.01. The summed E-state index contributed by atoms with van der Waals surface area (Å²) in [7, 11) is 0. The highest BCUT2D eigenvalue weighted by Gasteiger charge is 2.21. The van der Waals surface area contributed by atoms with E-state index in [1.54, 1.807) is 11.0 Å². The molecule has 0 aromatic heterocycles. The summed E-state index contributed by atoms with van der Waals surface area (Å²) >= 11 is 0. The average Bonchev–Trinajstić information content (AvgIpc) is 2.14. The Morgan fingerprint density at radius 1 is 1.38 bits per heavy atom. The number of carbonyl (C=O) groups is 1. The minimum atomic E-state index is -2.87. The summed E-state index contributed by atoms with van der Waals surface area (Å²) in [6.45, 7) is -1.40. The van der Waals surface area contributed by atoms with Crippen LogP contribution in [0.25, 0.3) is 0 Å². The number of hydrogen-bond acceptors (Lipinski definition) is 2. The number of carbonyl (C=O) groups excluding carboxylic acids is 1. The molecule has 0 spiro atoms. The Labute approximate surface area is 91.6 Å². The van der Waals surface area contributed by atoms with Crippen LogP contribution >= 0.6 is 0 Å². The second kappa shape index (κ2) is 4.47. The van der Waals surface area contributed by atoms with Crippen LogP contribution in [0.1, 0.15) is 16.8 Å². The lowest BCUT2D eigenvalue weighted by Gasteiger charge is -2.30. The maximum atomic E-state index is 12.0. The van der Waals surface area contributed by atoms with Crippen molar-refractivity contribution in [3.05, 3.63) is 29.8 Å². The summed E-state index contributed by atoms with van der Waals surface area (Å²) in [4.78, 5) is 13.4. The van der Waals surface area contributed by atoms with Crippen molar-refractivity contribution in [3.8, 4) is 5.75 Å². The fourth-order valence-corrected chi connectivity index (χ4v) is 1.51. The standard InChI is InChI=1S/C11H11F2NO2/c12-11(13)16-9-4-1-3-8(7-9)10(15)14-5-2-6-14/h1,3-4,7,11H,2,5-6H2. The van der Waals surface area contributed by atoms with Crippen LogP contribution in [0.3, 0.4) is 0 Å². The maximum absolute atomic E-state index is 12.0. The molecule has 1 amide bonds. The molecule has 0 bridgehead atoms. The zero-order chi connectivity index (χ0) is 11.5. The van der Waals surface area contributed by atoms with Crippen molar-refractivity contribution >= 4 is 5.91 Å². The van der Waals surface area contributed by atoms with Gasteiger partial charge in [-0.3, -0.25) is 4.79 Å². The molecule has 2 rings (SSSR count). The molecule has 1 saturated heterocycles. The molecule has 1 heterocycles. The smallest absolute Gasteiger partial charge is 0.387 e. The molecule has 1 aliphatic rings. The van der Waals surface area contributed by atoms with Gasteiger partial charge in [0.15, 0.2) is 0 Å². The van der Waals surface area contributed by atoms with E-state index in [4.69, 9.17) is 0 Å². The van der Waals surface area contributed by atoms with Crippen LogP contribution in [0, 0.1) is 0 Å². The SMILES string of the molecule is O=C(c1cccc(OC(F)F)c1)N1CCC1. The summed E-state index contributed by atoms with van der Waals surface area (Å²) in [6.07, 6.45) is 0.999. The molecular weight excluding hydrogens is 216 g/mol. The highest BCUT2D eigenvalue weighted by Crippen LogP contribution is 2.19.